The maximum absolute atomic E-state index is 13.1. The van der Waals surface area contributed by atoms with Crippen molar-refractivity contribution in [3.63, 3.8) is 0 Å². The minimum absolute atomic E-state index is 0.0227. The SMILES string of the molecule is COc1ncccc1C(=O)NC1CCOC2(CCS(=O)(=NC(=O)c3cnco3)CC2)C1. The van der Waals surface area contributed by atoms with Crippen LogP contribution in [0.4, 0.5) is 0 Å². The normalized spacial score (nSPS) is 28.1. The van der Waals surface area contributed by atoms with Gasteiger partial charge < -0.3 is 19.2 Å². The minimum atomic E-state index is -2.69. The average Bonchev–Trinajstić information content (AvgIpc) is 3.32. The van der Waals surface area contributed by atoms with Crippen molar-refractivity contribution in [3.05, 3.63) is 42.2 Å². The van der Waals surface area contributed by atoms with Gasteiger partial charge in [0.15, 0.2) is 6.39 Å². The van der Waals surface area contributed by atoms with Crippen LogP contribution in [0.1, 0.15) is 46.6 Å². The van der Waals surface area contributed by atoms with E-state index in [0.29, 0.717) is 37.9 Å². The van der Waals surface area contributed by atoms with Gasteiger partial charge in [-0.1, -0.05) is 0 Å². The number of pyridine rings is 1. The van der Waals surface area contributed by atoms with Crippen LogP contribution in [0.15, 0.2) is 39.7 Å². The molecule has 4 rings (SSSR count). The van der Waals surface area contributed by atoms with Gasteiger partial charge in [-0.2, -0.15) is 4.36 Å². The Hall–Kier alpha value is -2.79. The zero-order valence-electron chi connectivity index (χ0n) is 17.1. The van der Waals surface area contributed by atoms with Crippen molar-refractivity contribution >= 4 is 21.5 Å². The molecule has 2 amide bonds. The number of ether oxygens (including phenoxy) is 2. The van der Waals surface area contributed by atoms with E-state index < -0.39 is 21.2 Å². The van der Waals surface area contributed by atoms with Gasteiger partial charge in [0.05, 0.1) is 28.6 Å². The number of nitrogens with one attached hydrogen (secondary N) is 1. The van der Waals surface area contributed by atoms with Crippen LogP contribution in [-0.2, 0) is 14.5 Å². The molecule has 0 radical (unpaired) electrons. The summed E-state index contributed by atoms with van der Waals surface area (Å²) in [5, 5.41) is 3.05. The molecule has 0 aromatic carbocycles. The molecule has 11 heteroatoms. The molecule has 2 aliphatic heterocycles. The van der Waals surface area contributed by atoms with Crippen LogP contribution in [0.2, 0.25) is 0 Å². The predicted octanol–water partition coefficient (Wildman–Crippen LogP) is 1.83. The highest BCUT2D eigenvalue weighted by molar-refractivity contribution is 7.93. The molecule has 0 aliphatic carbocycles. The van der Waals surface area contributed by atoms with E-state index in [1.807, 2.05) is 0 Å². The highest BCUT2D eigenvalue weighted by Crippen LogP contribution is 2.36. The van der Waals surface area contributed by atoms with E-state index in [1.165, 1.54) is 13.3 Å². The molecule has 0 bridgehead atoms. The first kappa shape index (κ1) is 21.4. The van der Waals surface area contributed by atoms with Crippen LogP contribution in [0.3, 0.4) is 0 Å². The highest BCUT2D eigenvalue weighted by atomic mass is 32.2. The van der Waals surface area contributed by atoms with E-state index in [4.69, 9.17) is 13.9 Å². The molecule has 1 atom stereocenters. The first-order valence-electron chi connectivity index (χ1n) is 10.0. The lowest BCUT2D eigenvalue weighted by Crippen LogP contribution is -2.52. The smallest absolute Gasteiger partial charge is 0.322 e. The fourth-order valence-corrected chi connectivity index (χ4v) is 6.18. The molecule has 10 nitrogen and oxygen atoms in total. The van der Waals surface area contributed by atoms with Crippen LogP contribution < -0.4 is 10.1 Å². The highest BCUT2D eigenvalue weighted by Gasteiger charge is 2.42. The van der Waals surface area contributed by atoms with Gasteiger partial charge in [0, 0.05) is 30.4 Å². The van der Waals surface area contributed by atoms with Crippen LogP contribution in [0.25, 0.3) is 0 Å². The minimum Gasteiger partial charge on any atom is -0.480 e. The molecule has 2 fully saturated rings. The van der Waals surface area contributed by atoms with Crippen molar-refractivity contribution in [1.29, 1.82) is 0 Å². The molecule has 166 valence electrons. The summed E-state index contributed by atoms with van der Waals surface area (Å²) in [4.78, 5) is 32.6. The molecular weight excluding hydrogens is 424 g/mol. The van der Waals surface area contributed by atoms with Crippen molar-refractivity contribution < 1.29 is 27.7 Å². The lowest BCUT2D eigenvalue weighted by atomic mass is 9.85. The first-order chi connectivity index (χ1) is 14.9. The molecule has 2 aromatic heterocycles. The number of carbonyl (C=O) groups is 2. The van der Waals surface area contributed by atoms with Crippen LogP contribution in [-0.4, -0.2) is 62.9 Å². The van der Waals surface area contributed by atoms with Gasteiger partial charge in [-0.3, -0.25) is 9.59 Å². The van der Waals surface area contributed by atoms with Crippen LogP contribution in [0, 0.1) is 0 Å². The van der Waals surface area contributed by atoms with E-state index in [0.717, 1.165) is 6.39 Å². The summed E-state index contributed by atoms with van der Waals surface area (Å²) >= 11 is 0. The molecule has 2 aliphatic rings. The van der Waals surface area contributed by atoms with Gasteiger partial charge in [-0.25, -0.2) is 14.2 Å². The Morgan fingerprint density at radius 2 is 2.16 bits per heavy atom. The van der Waals surface area contributed by atoms with Crippen molar-refractivity contribution in [3.8, 4) is 5.88 Å². The topological polar surface area (TPSA) is 133 Å². The van der Waals surface area contributed by atoms with Gasteiger partial charge in [0.2, 0.25) is 11.6 Å². The van der Waals surface area contributed by atoms with E-state index in [9.17, 15) is 13.8 Å². The molecule has 31 heavy (non-hydrogen) atoms. The number of amides is 2. The fourth-order valence-electron chi connectivity index (χ4n) is 4.02. The molecule has 4 heterocycles. The van der Waals surface area contributed by atoms with E-state index in [1.54, 1.807) is 18.3 Å². The summed E-state index contributed by atoms with van der Waals surface area (Å²) in [5.41, 5.74) is -0.108. The largest absolute Gasteiger partial charge is 0.480 e. The van der Waals surface area contributed by atoms with Crippen molar-refractivity contribution in [2.24, 2.45) is 4.36 Å². The van der Waals surface area contributed by atoms with Gasteiger partial charge in [-0.05, 0) is 37.8 Å². The average molecular weight is 449 g/mol. The Morgan fingerprint density at radius 3 is 2.87 bits per heavy atom. The Bertz CT molecular complexity index is 1060. The van der Waals surface area contributed by atoms with Gasteiger partial charge >= 0.3 is 5.91 Å². The summed E-state index contributed by atoms with van der Waals surface area (Å²) in [6.07, 6.45) is 6.25. The summed E-state index contributed by atoms with van der Waals surface area (Å²) in [6.45, 7) is 0.491. The number of methoxy groups -OCH3 is 1. The zero-order chi connectivity index (χ0) is 21.9. The second kappa shape index (κ2) is 8.75. The fraction of sp³-hybridized carbons (Fsp3) is 0.500. The van der Waals surface area contributed by atoms with E-state index in [2.05, 4.69) is 19.6 Å². The van der Waals surface area contributed by atoms with Crippen molar-refractivity contribution in [1.82, 2.24) is 15.3 Å². The lowest BCUT2D eigenvalue weighted by molar-refractivity contribution is -0.0925. The number of hydrogen-bond acceptors (Lipinski definition) is 8. The monoisotopic (exact) mass is 448 g/mol. The summed E-state index contributed by atoms with van der Waals surface area (Å²) in [7, 11) is -1.22. The Labute approximate surface area is 179 Å². The third-order valence-electron chi connectivity index (χ3n) is 5.68. The van der Waals surface area contributed by atoms with Crippen molar-refractivity contribution in [2.45, 2.75) is 37.3 Å². The van der Waals surface area contributed by atoms with Gasteiger partial charge in [0.25, 0.3) is 5.91 Å². The lowest BCUT2D eigenvalue weighted by Gasteiger charge is -2.44. The van der Waals surface area contributed by atoms with E-state index in [-0.39, 0.29) is 35.1 Å². The van der Waals surface area contributed by atoms with Crippen LogP contribution >= 0.6 is 0 Å². The second-order valence-electron chi connectivity index (χ2n) is 7.70. The number of rotatable bonds is 4. The summed E-state index contributed by atoms with van der Waals surface area (Å²) < 4.78 is 33.2. The number of hydrogen-bond donors (Lipinski definition) is 1. The first-order valence-corrected chi connectivity index (χ1v) is 11.9. The molecule has 1 unspecified atom stereocenters. The number of nitrogens with zero attached hydrogens (tertiary/aromatic N) is 3. The summed E-state index contributed by atoms with van der Waals surface area (Å²) in [5.74, 6) is -0.144. The molecule has 1 N–H and O–H groups in total. The molecule has 2 saturated heterocycles. The van der Waals surface area contributed by atoms with E-state index >= 15 is 0 Å². The second-order valence-corrected chi connectivity index (χ2v) is 10.2. The van der Waals surface area contributed by atoms with Crippen molar-refractivity contribution in [2.75, 3.05) is 25.2 Å². The molecular formula is C20H24N4O6S. The Morgan fingerprint density at radius 1 is 1.35 bits per heavy atom. The third-order valence-corrected chi connectivity index (χ3v) is 7.87. The third kappa shape index (κ3) is 4.77. The maximum Gasteiger partial charge on any atom is 0.322 e. The molecule has 1 spiro atoms. The standard InChI is InChI=1S/C20H24N4O6S/c1-28-19-15(3-2-7-22-19)17(25)23-14-4-8-30-20(11-14)5-9-31(27,10-6-20)24-18(26)16-12-21-13-29-16/h2-3,7,12-14H,4-6,8-11H2,1H3,(H,23,25). The maximum atomic E-state index is 13.1. The molecule has 0 saturated carbocycles. The number of carbonyl (C=O) groups excluding carboxylic acids is 2. The Balaban J connectivity index is 1.40. The van der Waals surface area contributed by atoms with Gasteiger partial charge in [-0.15, -0.1) is 0 Å². The number of oxazole rings is 1. The number of aromatic nitrogens is 2. The van der Waals surface area contributed by atoms with Gasteiger partial charge in [0.1, 0.15) is 5.56 Å². The Kier molecular flexibility index (Phi) is 6.05. The molecule has 2 aromatic rings. The predicted molar refractivity (Wildman–Crippen MR) is 110 cm³/mol. The zero-order valence-corrected chi connectivity index (χ0v) is 17.9. The van der Waals surface area contributed by atoms with Crippen LogP contribution in [0.5, 0.6) is 5.88 Å². The summed E-state index contributed by atoms with van der Waals surface area (Å²) in [6, 6.07) is 3.26. The quantitative estimate of drug-likeness (QED) is 0.749.